The molecule has 2 amide bonds. The smallest absolute Gasteiger partial charge is 0.321 e. The van der Waals surface area contributed by atoms with E-state index >= 15 is 0 Å². The average Bonchev–Trinajstić information content (AvgIpc) is 2.86. The summed E-state index contributed by atoms with van der Waals surface area (Å²) in [5, 5.41) is 0.480. The minimum atomic E-state index is -0.488. The van der Waals surface area contributed by atoms with E-state index in [4.69, 9.17) is 18.0 Å². The average molecular weight is 281 g/mol. The lowest BCUT2D eigenvalue weighted by Gasteiger charge is -2.19. The molecule has 0 aliphatic carbocycles. The molecule has 4 nitrogen and oxygen atoms in total. The lowest BCUT2D eigenvalue weighted by molar-refractivity contribution is 0.233. The maximum absolute atomic E-state index is 11.0. The number of urea groups is 1. The van der Waals surface area contributed by atoms with Crippen molar-refractivity contribution in [3.63, 3.8) is 0 Å². The molecule has 0 unspecified atom stereocenters. The Morgan fingerprint density at radius 2 is 1.63 bits per heavy atom. The summed E-state index contributed by atoms with van der Waals surface area (Å²) in [7, 11) is 0. The minimum Gasteiger partial charge on any atom is -0.351 e. The Morgan fingerprint density at radius 1 is 1.11 bits per heavy atom. The fraction of sp³-hybridized carbons (Fsp3) is 0.429. The molecule has 2 rings (SSSR count). The number of amides is 2. The second-order valence-corrected chi connectivity index (χ2v) is 3.62. The molecule has 1 aromatic carbocycles. The van der Waals surface area contributed by atoms with E-state index in [0.717, 1.165) is 5.69 Å². The molecule has 1 fully saturated rings. The largest absolute Gasteiger partial charge is 0.351 e. The molecule has 1 aliphatic heterocycles. The zero-order valence-electron chi connectivity index (χ0n) is 12.1. The van der Waals surface area contributed by atoms with Gasteiger partial charge in [-0.2, -0.15) is 0 Å². The third kappa shape index (κ3) is 4.52. The summed E-state index contributed by atoms with van der Waals surface area (Å²) in [6.07, 6.45) is 0. The first-order valence-electron chi connectivity index (χ1n) is 6.63. The first-order valence-corrected chi connectivity index (χ1v) is 7.04. The molecule has 0 radical (unpaired) electrons. The van der Waals surface area contributed by atoms with Gasteiger partial charge in [-0.3, -0.25) is 4.90 Å². The van der Waals surface area contributed by atoms with Gasteiger partial charge in [-0.25, -0.2) is 4.79 Å². The summed E-state index contributed by atoms with van der Waals surface area (Å²) in [5.74, 6) is 0. The van der Waals surface area contributed by atoms with Gasteiger partial charge in [0.25, 0.3) is 0 Å². The van der Waals surface area contributed by atoms with Crippen LogP contribution in [0.5, 0.6) is 0 Å². The van der Waals surface area contributed by atoms with Gasteiger partial charge in [0, 0.05) is 18.8 Å². The monoisotopic (exact) mass is 281 g/mol. The second-order valence-electron chi connectivity index (χ2n) is 3.26. The van der Waals surface area contributed by atoms with Crippen LogP contribution in [0.15, 0.2) is 30.3 Å². The van der Waals surface area contributed by atoms with Crippen LogP contribution in [-0.4, -0.2) is 29.1 Å². The molecular formula is C14H23N3OS. The Kier molecular flexibility index (Phi) is 8.53. The van der Waals surface area contributed by atoms with E-state index in [-0.39, 0.29) is 0 Å². The fourth-order valence-corrected chi connectivity index (χ4v) is 1.97. The van der Waals surface area contributed by atoms with Crippen LogP contribution in [0.3, 0.4) is 0 Å². The Balaban J connectivity index is 0.000000741. The zero-order valence-corrected chi connectivity index (χ0v) is 12.9. The quantitative estimate of drug-likeness (QED) is 0.804. The summed E-state index contributed by atoms with van der Waals surface area (Å²) in [6.45, 7) is 9.26. The highest BCUT2D eigenvalue weighted by atomic mass is 32.1. The maximum Gasteiger partial charge on any atom is 0.321 e. The van der Waals surface area contributed by atoms with E-state index in [1.165, 1.54) is 4.90 Å². The van der Waals surface area contributed by atoms with E-state index < -0.39 is 6.03 Å². The summed E-state index contributed by atoms with van der Waals surface area (Å²) in [5.41, 5.74) is 6.19. The lowest BCUT2D eigenvalue weighted by Crippen LogP contribution is -2.39. The van der Waals surface area contributed by atoms with E-state index in [9.17, 15) is 4.79 Å². The number of carbonyl (C=O) groups excluding carboxylic acids is 1. The molecule has 1 aliphatic rings. The van der Waals surface area contributed by atoms with Crippen molar-refractivity contribution in [2.75, 3.05) is 18.0 Å². The second kappa shape index (κ2) is 9.33. The summed E-state index contributed by atoms with van der Waals surface area (Å²) >= 11 is 5.17. The number of hydrogen-bond donors (Lipinski definition) is 1. The van der Waals surface area contributed by atoms with E-state index in [2.05, 4.69) is 0 Å². The number of nitrogens with two attached hydrogens (primary N) is 1. The van der Waals surface area contributed by atoms with Crippen molar-refractivity contribution in [3.8, 4) is 0 Å². The van der Waals surface area contributed by atoms with Gasteiger partial charge in [0.05, 0.1) is 0 Å². The molecular weight excluding hydrogens is 258 g/mol. The molecule has 1 heterocycles. The van der Waals surface area contributed by atoms with Gasteiger partial charge in [0.1, 0.15) is 0 Å². The fourth-order valence-electron chi connectivity index (χ4n) is 1.59. The molecule has 0 aromatic heterocycles. The van der Waals surface area contributed by atoms with Crippen LogP contribution < -0.4 is 10.6 Å². The topological polar surface area (TPSA) is 49.6 Å². The molecule has 106 valence electrons. The molecule has 5 heteroatoms. The van der Waals surface area contributed by atoms with Crippen LogP contribution in [0.1, 0.15) is 27.7 Å². The summed E-state index contributed by atoms with van der Waals surface area (Å²) < 4.78 is 0. The van der Waals surface area contributed by atoms with Crippen molar-refractivity contribution in [1.29, 1.82) is 0 Å². The molecule has 0 atom stereocenters. The number of nitrogens with zero attached hydrogens (tertiary/aromatic N) is 2. The van der Waals surface area contributed by atoms with Crippen LogP contribution in [0.25, 0.3) is 0 Å². The number of carbonyl (C=O) groups is 1. The SMILES string of the molecule is CC.CC.NC(=O)N1CCN(c2ccccc2)C1=S. The van der Waals surface area contributed by atoms with Crippen LogP contribution >= 0.6 is 12.2 Å². The summed E-state index contributed by atoms with van der Waals surface area (Å²) in [6, 6.07) is 9.23. The van der Waals surface area contributed by atoms with Crippen molar-refractivity contribution in [2.24, 2.45) is 5.73 Å². The molecule has 1 saturated heterocycles. The normalized spacial score (nSPS) is 13.2. The van der Waals surface area contributed by atoms with Gasteiger partial charge in [0.15, 0.2) is 5.11 Å². The molecule has 19 heavy (non-hydrogen) atoms. The van der Waals surface area contributed by atoms with Crippen molar-refractivity contribution in [2.45, 2.75) is 27.7 Å². The predicted octanol–water partition coefficient (Wildman–Crippen LogP) is 3.22. The van der Waals surface area contributed by atoms with Gasteiger partial charge in [-0.1, -0.05) is 45.9 Å². The number of para-hydroxylation sites is 1. The van der Waals surface area contributed by atoms with Crippen molar-refractivity contribution in [3.05, 3.63) is 30.3 Å². The highest BCUT2D eigenvalue weighted by molar-refractivity contribution is 7.80. The Labute approximate surface area is 121 Å². The number of primary amides is 1. The number of rotatable bonds is 1. The first kappa shape index (κ1) is 17.4. The highest BCUT2D eigenvalue weighted by Crippen LogP contribution is 2.19. The van der Waals surface area contributed by atoms with Gasteiger partial charge < -0.3 is 10.6 Å². The van der Waals surface area contributed by atoms with Crippen molar-refractivity contribution < 1.29 is 4.79 Å². The van der Waals surface area contributed by atoms with Gasteiger partial charge in [-0.15, -0.1) is 0 Å². The Hall–Kier alpha value is -1.62. The Bertz CT molecular complexity index is 395. The predicted molar refractivity (Wildman–Crippen MR) is 85.4 cm³/mol. The molecule has 0 saturated carbocycles. The van der Waals surface area contributed by atoms with E-state index in [1.54, 1.807) is 0 Å². The van der Waals surface area contributed by atoms with Crippen LogP contribution in [0, 0.1) is 0 Å². The van der Waals surface area contributed by atoms with Gasteiger partial charge >= 0.3 is 6.03 Å². The molecule has 2 N–H and O–H groups in total. The summed E-state index contributed by atoms with van der Waals surface area (Å²) in [4.78, 5) is 14.3. The molecule has 0 spiro atoms. The zero-order chi connectivity index (χ0) is 14.8. The van der Waals surface area contributed by atoms with Crippen LogP contribution in [-0.2, 0) is 0 Å². The van der Waals surface area contributed by atoms with Crippen molar-refractivity contribution in [1.82, 2.24) is 4.90 Å². The minimum absolute atomic E-state index is 0.480. The number of benzene rings is 1. The van der Waals surface area contributed by atoms with Crippen LogP contribution in [0.2, 0.25) is 0 Å². The number of thiocarbonyl (C=S) groups is 1. The van der Waals surface area contributed by atoms with Gasteiger partial charge in [0.2, 0.25) is 0 Å². The van der Waals surface area contributed by atoms with E-state index in [0.29, 0.717) is 18.2 Å². The van der Waals surface area contributed by atoms with Crippen LogP contribution in [0.4, 0.5) is 10.5 Å². The maximum atomic E-state index is 11.0. The third-order valence-corrected chi connectivity index (χ3v) is 2.78. The molecule has 1 aromatic rings. The van der Waals surface area contributed by atoms with Gasteiger partial charge in [-0.05, 0) is 24.4 Å². The number of hydrogen-bond acceptors (Lipinski definition) is 2. The first-order chi connectivity index (χ1) is 9.20. The van der Waals surface area contributed by atoms with E-state index in [1.807, 2.05) is 62.9 Å². The number of anilines is 1. The highest BCUT2D eigenvalue weighted by Gasteiger charge is 2.28. The third-order valence-electron chi connectivity index (χ3n) is 2.34. The van der Waals surface area contributed by atoms with Crippen molar-refractivity contribution >= 4 is 29.0 Å². The lowest BCUT2D eigenvalue weighted by atomic mass is 10.3. The molecule has 0 bridgehead atoms. The standard InChI is InChI=1S/C10H11N3OS.2C2H6/c11-9(14)13-7-6-12(10(13)15)8-4-2-1-3-5-8;2*1-2/h1-5H,6-7H2,(H2,11,14);2*1-2H3. The Morgan fingerprint density at radius 3 is 2.05 bits per heavy atom.